The Hall–Kier alpha value is -1.04. The van der Waals surface area contributed by atoms with E-state index in [9.17, 15) is 13.6 Å². The minimum absolute atomic E-state index is 0.129. The molecule has 14 heavy (non-hydrogen) atoms. The van der Waals surface area contributed by atoms with Crippen molar-refractivity contribution >= 4 is 28.0 Å². The predicted octanol–water partition coefficient (Wildman–Crippen LogP) is 2.31. The summed E-state index contributed by atoms with van der Waals surface area (Å²) in [5.41, 5.74) is 5.32. The van der Waals surface area contributed by atoms with Crippen LogP contribution < -0.4 is 5.73 Å². The van der Waals surface area contributed by atoms with Crippen molar-refractivity contribution in [3.63, 3.8) is 0 Å². The zero-order valence-electron chi connectivity index (χ0n) is 7.01. The molecule has 0 aliphatic carbocycles. The molecule has 0 aliphatic rings. The quantitative estimate of drug-likeness (QED) is 0.674. The molecule has 6 heteroatoms. The highest BCUT2D eigenvalue weighted by atomic mass is 79.9. The molecule has 0 spiro atoms. The lowest BCUT2D eigenvalue weighted by molar-refractivity contribution is 0.112. The molecule has 1 heterocycles. The number of hydrogen-bond donors (Lipinski definition) is 1. The van der Waals surface area contributed by atoms with Gasteiger partial charge >= 0.3 is 0 Å². The standard InChI is InChI=1S/C8H7BrF2N2O/c9-2-4-1-5(3-14)8(12)13-6(4)7(10)11/h1,3,7H,2H2,(H2,12,13). The fourth-order valence-corrected chi connectivity index (χ4v) is 1.44. The van der Waals surface area contributed by atoms with Crippen molar-refractivity contribution in [3.8, 4) is 0 Å². The minimum atomic E-state index is -2.69. The number of alkyl halides is 3. The molecule has 76 valence electrons. The molecular formula is C8H7BrF2N2O. The fourth-order valence-electron chi connectivity index (χ4n) is 0.992. The highest BCUT2D eigenvalue weighted by Crippen LogP contribution is 2.25. The fraction of sp³-hybridized carbons (Fsp3) is 0.250. The summed E-state index contributed by atoms with van der Waals surface area (Å²) in [5, 5.41) is 0.209. The summed E-state index contributed by atoms with van der Waals surface area (Å²) in [5.74, 6) is -0.167. The number of aldehydes is 1. The van der Waals surface area contributed by atoms with E-state index in [1.807, 2.05) is 0 Å². The van der Waals surface area contributed by atoms with Crippen LogP contribution in [0.2, 0.25) is 0 Å². The molecule has 1 rings (SSSR count). The third-order valence-corrected chi connectivity index (χ3v) is 2.28. The number of rotatable bonds is 3. The van der Waals surface area contributed by atoms with E-state index in [1.165, 1.54) is 6.07 Å². The maximum atomic E-state index is 12.4. The Kier molecular flexibility index (Phi) is 3.51. The Morgan fingerprint density at radius 3 is 2.71 bits per heavy atom. The van der Waals surface area contributed by atoms with Gasteiger partial charge in [-0.3, -0.25) is 4.79 Å². The van der Waals surface area contributed by atoms with E-state index in [4.69, 9.17) is 5.73 Å². The van der Waals surface area contributed by atoms with Crippen molar-refractivity contribution in [1.29, 1.82) is 0 Å². The number of hydrogen-bond acceptors (Lipinski definition) is 3. The van der Waals surface area contributed by atoms with Crippen LogP contribution in [0.3, 0.4) is 0 Å². The molecular weight excluding hydrogens is 258 g/mol. The number of nitrogen functional groups attached to an aromatic ring is 1. The Morgan fingerprint density at radius 2 is 2.29 bits per heavy atom. The Morgan fingerprint density at radius 1 is 1.64 bits per heavy atom. The number of pyridine rings is 1. The maximum absolute atomic E-state index is 12.4. The van der Waals surface area contributed by atoms with Crippen LogP contribution in [0.4, 0.5) is 14.6 Å². The Balaban J connectivity index is 3.31. The molecule has 0 fully saturated rings. The van der Waals surface area contributed by atoms with Gasteiger partial charge in [-0.05, 0) is 11.6 Å². The monoisotopic (exact) mass is 264 g/mol. The first-order chi connectivity index (χ1) is 6.60. The molecule has 1 aromatic heterocycles. The van der Waals surface area contributed by atoms with Crippen molar-refractivity contribution in [3.05, 3.63) is 22.9 Å². The Bertz CT molecular complexity index is 357. The van der Waals surface area contributed by atoms with Crippen LogP contribution in [0.5, 0.6) is 0 Å². The van der Waals surface area contributed by atoms with Gasteiger partial charge in [0.1, 0.15) is 11.5 Å². The van der Waals surface area contributed by atoms with E-state index < -0.39 is 6.43 Å². The van der Waals surface area contributed by atoms with Gasteiger partial charge in [0, 0.05) is 5.33 Å². The molecule has 0 unspecified atom stereocenters. The van der Waals surface area contributed by atoms with Gasteiger partial charge in [-0.2, -0.15) is 0 Å². The predicted molar refractivity (Wildman–Crippen MR) is 51.6 cm³/mol. The molecule has 0 radical (unpaired) electrons. The lowest BCUT2D eigenvalue weighted by atomic mass is 10.1. The molecule has 2 N–H and O–H groups in total. The number of nitrogens with zero attached hydrogens (tertiary/aromatic N) is 1. The van der Waals surface area contributed by atoms with Gasteiger partial charge in [0.25, 0.3) is 6.43 Å². The number of aromatic nitrogens is 1. The largest absolute Gasteiger partial charge is 0.383 e. The molecule has 0 saturated heterocycles. The lowest BCUT2D eigenvalue weighted by Crippen LogP contribution is -2.04. The van der Waals surface area contributed by atoms with E-state index in [0.717, 1.165) is 0 Å². The highest BCUT2D eigenvalue weighted by Gasteiger charge is 2.16. The van der Waals surface area contributed by atoms with E-state index in [-0.39, 0.29) is 28.0 Å². The lowest BCUT2D eigenvalue weighted by Gasteiger charge is -2.07. The van der Waals surface area contributed by atoms with Gasteiger partial charge in [0.15, 0.2) is 6.29 Å². The second kappa shape index (κ2) is 4.45. The van der Waals surface area contributed by atoms with Gasteiger partial charge in [-0.1, -0.05) is 15.9 Å². The third kappa shape index (κ3) is 2.06. The van der Waals surface area contributed by atoms with Gasteiger partial charge < -0.3 is 5.73 Å². The molecule has 1 aromatic rings. The van der Waals surface area contributed by atoms with Gasteiger partial charge in [0.2, 0.25) is 0 Å². The summed E-state index contributed by atoms with van der Waals surface area (Å²) in [6.07, 6.45) is -2.20. The molecule has 0 atom stereocenters. The first kappa shape index (κ1) is 11.0. The summed E-state index contributed by atoms with van der Waals surface area (Å²) >= 11 is 3.03. The van der Waals surface area contributed by atoms with E-state index in [2.05, 4.69) is 20.9 Å². The van der Waals surface area contributed by atoms with Gasteiger partial charge in [-0.25, -0.2) is 13.8 Å². The van der Waals surface area contributed by atoms with Crippen molar-refractivity contribution < 1.29 is 13.6 Å². The number of anilines is 1. The summed E-state index contributed by atoms with van der Waals surface area (Å²) in [7, 11) is 0. The molecule has 0 saturated carbocycles. The van der Waals surface area contributed by atoms with Crippen molar-refractivity contribution in [2.24, 2.45) is 0 Å². The zero-order chi connectivity index (χ0) is 10.7. The normalized spacial score (nSPS) is 10.6. The van der Waals surface area contributed by atoms with Crippen molar-refractivity contribution in [2.75, 3.05) is 5.73 Å². The smallest absolute Gasteiger partial charge is 0.280 e. The topological polar surface area (TPSA) is 56.0 Å². The maximum Gasteiger partial charge on any atom is 0.280 e. The number of nitrogens with two attached hydrogens (primary N) is 1. The molecule has 0 amide bonds. The number of halogens is 3. The van der Waals surface area contributed by atoms with Crippen LogP contribution in [-0.2, 0) is 5.33 Å². The van der Waals surface area contributed by atoms with Crippen molar-refractivity contribution in [1.82, 2.24) is 4.98 Å². The van der Waals surface area contributed by atoms with Crippen LogP contribution >= 0.6 is 15.9 Å². The molecule has 0 bridgehead atoms. The van der Waals surface area contributed by atoms with Crippen LogP contribution in [0.25, 0.3) is 0 Å². The summed E-state index contributed by atoms with van der Waals surface area (Å²) in [6.45, 7) is 0. The highest BCUT2D eigenvalue weighted by molar-refractivity contribution is 9.08. The summed E-state index contributed by atoms with van der Waals surface area (Å²) < 4.78 is 24.8. The summed E-state index contributed by atoms with van der Waals surface area (Å²) in [4.78, 5) is 13.9. The van der Waals surface area contributed by atoms with E-state index in [1.54, 1.807) is 0 Å². The first-order valence-electron chi connectivity index (χ1n) is 3.68. The SMILES string of the molecule is Nc1nc(C(F)F)c(CBr)cc1C=O. The third-order valence-electron chi connectivity index (χ3n) is 1.67. The number of carbonyl (C=O) groups excluding carboxylic acids is 1. The van der Waals surface area contributed by atoms with Crippen molar-refractivity contribution in [2.45, 2.75) is 11.8 Å². The summed E-state index contributed by atoms with van der Waals surface area (Å²) in [6, 6.07) is 1.31. The van der Waals surface area contributed by atoms with Crippen LogP contribution in [-0.4, -0.2) is 11.3 Å². The van der Waals surface area contributed by atoms with Crippen LogP contribution in [0.15, 0.2) is 6.07 Å². The Labute approximate surface area is 87.4 Å². The number of carbonyl (C=O) groups is 1. The van der Waals surface area contributed by atoms with Crippen LogP contribution in [0, 0.1) is 0 Å². The molecule has 3 nitrogen and oxygen atoms in total. The van der Waals surface area contributed by atoms with Crippen LogP contribution in [0.1, 0.15) is 28.0 Å². The molecule has 0 aromatic carbocycles. The van der Waals surface area contributed by atoms with Gasteiger partial charge in [0.05, 0.1) is 5.56 Å². The average molecular weight is 265 g/mol. The minimum Gasteiger partial charge on any atom is -0.383 e. The van der Waals surface area contributed by atoms with E-state index in [0.29, 0.717) is 6.29 Å². The first-order valence-corrected chi connectivity index (χ1v) is 4.81. The zero-order valence-corrected chi connectivity index (χ0v) is 8.59. The van der Waals surface area contributed by atoms with E-state index >= 15 is 0 Å². The second-order valence-electron chi connectivity index (χ2n) is 2.56. The molecule has 0 aliphatic heterocycles. The average Bonchev–Trinajstić information content (AvgIpc) is 2.17. The second-order valence-corrected chi connectivity index (χ2v) is 3.12. The van der Waals surface area contributed by atoms with Gasteiger partial charge in [-0.15, -0.1) is 0 Å².